The third-order valence-electron chi connectivity index (χ3n) is 5.95. The lowest BCUT2D eigenvalue weighted by molar-refractivity contribution is -0.142. The molecule has 4 rings (SSSR count). The minimum absolute atomic E-state index is 0.163. The number of carboxylic acid groups (broad SMARTS) is 1. The lowest BCUT2D eigenvalue weighted by Crippen LogP contribution is -2.42. The predicted molar refractivity (Wildman–Crippen MR) is 125 cm³/mol. The molecule has 7 nitrogen and oxygen atoms in total. The molecule has 0 aliphatic carbocycles. The first-order chi connectivity index (χ1) is 16.3. The Morgan fingerprint density at radius 2 is 1.85 bits per heavy atom. The number of aliphatic carboxylic acids is 1. The molecule has 0 saturated heterocycles. The van der Waals surface area contributed by atoms with Crippen LogP contribution in [-0.2, 0) is 16.0 Å². The molecular formula is C26H24FNO6. The third kappa shape index (κ3) is 4.57. The molecule has 0 aliphatic heterocycles. The van der Waals surface area contributed by atoms with E-state index in [0.29, 0.717) is 35.0 Å². The number of carboxylic acids is 1. The van der Waals surface area contributed by atoms with Crippen molar-refractivity contribution < 1.29 is 27.9 Å². The van der Waals surface area contributed by atoms with Gasteiger partial charge in [0.25, 0.3) is 0 Å². The van der Waals surface area contributed by atoms with Crippen LogP contribution >= 0.6 is 0 Å². The number of halogens is 1. The Morgan fingerprint density at radius 1 is 1.12 bits per heavy atom. The number of unbranched alkanes of at least 4 members (excludes halogenated alkanes) is 1. The fourth-order valence-corrected chi connectivity index (χ4v) is 4.04. The fourth-order valence-electron chi connectivity index (χ4n) is 4.04. The zero-order valence-electron chi connectivity index (χ0n) is 18.8. The molecule has 0 radical (unpaired) electrons. The van der Waals surface area contributed by atoms with E-state index in [1.54, 1.807) is 31.4 Å². The highest BCUT2D eigenvalue weighted by molar-refractivity contribution is 6.02. The van der Waals surface area contributed by atoms with Crippen molar-refractivity contribution in [2.24, 2.45) is 0 Å². The summed E-state index contributed by atoms with van der Waals surface area (Å²) in [5.41, 5.74) is 2.39. The normalized spacial score (nSPS) is 12.2. The molecule has 34 heavy (non-hydrogen) atoms. The van der Waals surface area contributed by atoms with E-state index >= 15 is 0 Å². The molecule has 0 bridgehead atoms. The highest BCUT2D eigenvalue weighted by atomic mass is 19.1. The third-order valence-corrected chi connectivity index (χ3v) is 5.95. The number of fused-ring (bicyclic) bond motifs is 2. The van der Waals surface area contributed by atoms with Gasteiger partial charge in [0.05, 0.1) is 18.2 Å². The number of rotatable bonds is 8. The van der Waals surface area contributed by atoms with Gasteiger partial charge in [-0.05, 0) is 42.7 Å². The Morgan fingerprint density at radius 3 is 2.53 bits per heavy atom. The second kappa shape index (κ2) is 9.51. The molecule has 0 saturated carbocycles. The minimum Gasteiger partial charge on any atom is -0.480 e. The molecule has 2 N–H and O–H groups in total. The SMILES string of the molecule is CCCC[C@H](NC(=O)Cc1c(C)c2cc3c(-c4ccc(F)cc4)coc3cc2oc1=O)C(=O)O. The van der Waals surface area contributed by atoms with Gasteiger partial charge in [-0.1, -0.05) is 31.9 Å². The average molecular weight is 465 g/mol. The van der Waals surface area contributed by atoms with E-state index in [2.05, 4.69) is 5.32 Å². The Labute approximate surface area is 194 Å². The number of nitrogens with one attached hydrogen (secondary N) is 1. The molecule has 0 aliphatic rings. The summed E-state index contributed by atoms with van der Waals surface area (Å²) in [6.07, 6.45) is 3.03. The quantitative estimate of drug-likeness (QED) is 0.356. The van der Waals surface area contributed by atoms with Crippen LogP contribution in [-0.4, -0.2) is 23.0 Å². The van der Waals surface area contributed by atoms with E-state index in [1.165, 1.54) is 12.1 Å². The topological polar surface area (TPSA) is 110 Å². The number of carbonyl (C=O) groups is 2. The van der Waals surface area contributed by atoms with Gasteiger partial charge in [0, 0.05) is 22.4 Å². The lowest BCUT2D eigenvalue weighted by atomic mass is 9.99. The van der Waals surface area contributed by atoms with Crippen molar-refractivity contribution in [3.63, 3.8) is 0 Å². The van der Waals surface area contributed by atoms with E-state index in [0.717, 1.165) is 22.9 Å². The van der Waals surface area contributed by atoms with Gasteiger partial charge in [-0.25, -0.2) is 14.0 Å². The molecule has 0 unspecified atom stereocenters. The van der Waals surface area contributed by atoms with E-state index in [9.17, 15) is 23.9 Å². The minimum atomic E-state index is -1.11. The van der Waals surface area contributed by atoms with Gasteiger partial charge < -0.3 is 19.3 Å². The molecule has 2 aromatic carbocycles. The van der Waals surface area contributed by atoms with Gasteiger partial charge in [-0.15, -0.1) is 0 Å². The van der Waals surface area contributed by atoms with Crippen LogP contribution in [0.15, 0.2) is 56.3 Å². The summed E-state index contributed by atoms with van der Waals surface area (Å²) in [4.78, 5) is 36.7. The highest BCUT2D eigenvalue weighted by Crippen LogP contribution is 2.34. The molecule has 0 fully saturated rings. The second-order valence-electron chi connectivity index (χ2n) is 8.27. The predicted octanol–water partition coefficient (Wildman–Crippen LogP) is 4.96. The highest BCUT2D eigenvalue weighted by Gasteiger charge is 2.22. The first-order valence-electron chi connectivity index (χ1n) is 11.0. The van der Waals surface area contributed by atoms with Crippen LogP contribution in [0.25, 0.3) is 33.1 Å². The van der Waals surface area contributed by atoms with Crippen LogP contribution in [0.1, 0.15) is 37.3 Å². The van der Waals surface area contributed by atoms with Gasteiger partial charge in [-0.2, -0.15) is 0 Å². The first-order valence-corrected chi connectivity index (χ1v) is 11.0. The van der Waals surface area contributed by atoms with Crippen molar-refractivity contribution >= 4 is 33.8 Å². The van der Waals surface area contributed by atoms with Crippen molar-refractivity contribution in [3.05, 3.63) is 70.0 Å². The summed E-state index contributed by atoms with van der Waals surface area (Å²) in [7, 11) is 0. The Bertz CT molecular complexity index is 1430. The summed E-state index contributed by atoms with van der Waals surface area (Å²) in [5, 5.41) is 13.2. The first kappa shape index (κ1) is 23.2. The van der Waals surface area contributed by atoms with Crippen molar-refractivity contribution in [2.45, 2.75) is 45.6 Å². The van der Waals surface area contributed by atoms with Crippen LogP contribution < -0.4 is 10.9 Å². The standard InChI is InChI=1S/C26H24FNO6/c1-3-4-5-21(25(30)31)28-24(29)11-18-14(2)17-10-19-20(15-6-8-16(27)9-7-15)13-33-22(19)12-23(17)34-26(18)32/h6-10,12-13,21H,3-5,11H2,1-2H3,(H,28,29)(H,30,31)/t21-/m0/s1. The molecule has 0 spiro atoms. The maximum atomic E-state index is 13.3. The van der Waals surface area contributed by atoms with Crippen LogP contribution in [0.3, 0.4) is 0 Å². The smallest absolute Gasteiger partial charge is 0.340 e. The molecule has 1 atom stereocenters. The van der Waals surface area contributed by atoms with Crippen molar-refractivity contribution in [3.8, 4) is 11.1 Å². The summed E-state index contributed by atoms with van der Waals surface area (Å²) in [5.74, 6) is -2.02. The zero-order chi connectivity index (χ0) is 24.4. The van der Waals surface area contributed by atoms with Gasteiger partial charge in [-0.3, -0.25) is 4.79 Å². The Kier molecular flexibility index (Phi) is 6.49. The van der Waals surface area contributed by atoms with Crippen LogP contribution in [0.5, 0.6) is 0 Å². The van der Waals surface area contributed by atoms with Crippen LogP contribution in [0.2, 0.25) is 0 Å². The lowest BCUT2D eigenvalue weighted by Gasteiger charge is -2.14. The number of amides is 1. The maximum absolute atomic E-state index is 13.3. The van der Waals surface area contributed by atoms with Gasteiger partial charge in [0.2, 0.25) is 5.91 Å². The van der Waals surface area contributed by atoms with Gasteiger partial charge in [0.1, 0.15) is 23.0 Å². The van der Waals surface area contributed by atoms with E-state index < -0.39 is 23.5 Å². The van der Waals surface area contributed by atoms with Crippen molar-refractivity contribution in [2.75, 3.05) is 0 Å². The maximum Gasteiger partial charge on any atom is 0.340 e. The monoisotopic (exact) mass is 465 g/mol. The van der Waals surface area contributed by atoms with Crippen LogP contribution in [0, 0.1) is 12.7 Å². The summed E-state index contributed by atoms with van der Waals surface area (Å²) < 4.78 is 24.5. The average Bonchev–Trinajstić information content (AvgIpc) is 3.21. The Hall–Kier alpha value is -3.94. The fraction of sp³-hybridized carbons (Fsp3) is 0.269. The Balaban J connectivity index is 1.71. The zero-order valence-corrected chi connectivity index (χ0v) is 18.8. The number of aryl methyl sites for hydroxylation is 1. The summed E-state index contributed by atoms with van der Waals surface area (Å²) in [6.45, 7) is 3.65. The molecule has 176 valence electrons. The molecule has 2 heterocycles. The summed E-state index contributed by atoms with van der Waals surface area (Å²) in [6, 6.07) is 8.44. The van der Waals surface area contributed by atoms with E-state index in [1.807, 2.05) is 13.0 Å². The van der Waals surface area contributed by atoms with Gasteiger partial charge >= 0.3 is 11.6 Å². The number of furan rings is 1. The summed E-state index contributed by atoms with van der Waals surface area (Å²) >= 11 is 0. The largest absolute Gasteiger partial charge is 0.480 e. The van der Waals surface area contributed by atoms with Crippen molar-refractivity contribution in [1.82, 2.24) is 5.32 Å². The molecule has 4 aromatic rings. The number of hydrogen-bond donors (Lipinski definition) is 2. The number of hydrogen-bond acceptors (Lipinski definition) is 5. The molecule has 8 heteroatoms. The molecule has 1 amide bonds. The number of carbonyl (C=O) groups excluding carboxylic acids is 1. The van der Waals surface area contributed by atoms with Crippen molar-refractivity contribution in [1.29, 1.82) is 0 Å². The molecule has 2 aromatic heterocycles. The second-order valence-corrected chi connectivity index (χ2v) is 8.27. The molecular weight excluding hydrogens is 441 g/mol. The van der Waals surface area contributed by atoms with E-state index in [4.69, 9.17) is 8.83 Å². The van der Waals surface area contributed by atoms with Crippen LogP contribution in [0.4, 0.5) is 4.39 Å². The van der Waals surface area contributed by atoms with Gasteiger partial charge in [0.15, 0.2) is 0 Å². The number of benzene rings is 2. The van der Waals surface area contributed by atoms with E-state index in [-0.39, 0.29) is 17.8 Å².